The van der Waals surface area contributed by atoms with E-state index in [0.29, 0.717) is 10.7 Å². The molecular formula is C14H11Cl2NO4. The second kappa shape index (κ2) is 6.65. The first kappa shape index (κ1) is 15.4. The number of carbonyl (C=O) groups excluding carboxylic acids is 2. The molecule has 1 unspecified atom stereocenters. The van der Waals surface area contributed by atoms with Crippen LogP contribution in [0.1, 0.15) is 17.5 Å². The highest BCUT2D eigenvalue weighted by Crippen LogP contribution is 2.29. The van der Waals surface area contributed by atoms with E-state index in [-0.39, 0.29) is 10.8 Å². The fourth-order valence-electron chi connectivity index (χ4n) is 1.50. The van der Waals surface area contributed by atoms with Gasteiger partial charge >= 0.3 is 5.97 Å². The Labute approximate surface area is 130 Å². The molecule has 1 N–H and O–H groups in total. The van der Waals surface area contributed by atoms with Gasteiger partial charge in [-0.1, -0.05) is 29.3 Å². The molecule has 110 valence electrons. The third kappa shape index (κ3) is 3.77. The van der Waals surface area contributed by atoms with Crippen LogP contribution < -0.4 is 5.32 Å². The van der Waals surface area contributed by atoms with Crippen LogP contribution in [0.3, 0.4) is 0 Å². The van der Waals surface area contributed by atoms with Crippen molar-refractivity contribution in [1.29, 1.82) is 0 Å². The maximum atomic E-state index is 12.0. The lowest BCUT2D eigenvalue weighted by Crippen LogP contribution is -2.30. The number of benzene rings is 1. The summed E-state index contributed by atoms with van der Waals surface area (Å²) in [4.78, 5) is 23.6. The molecule has 0 spiro atoms. The van der Waals surface area contributed by atoms with Crippen molar-refractivity contribution in [3.63, 3.8) is 0 Å². The van der Waals surface area contributed by atoms with Crippen LogP contribution in [0.2, 0.25) is 10.0 Å². The zero-order chi connectivity index (χ0) is 15.4. The topological polar surface area (TPSA) is 68.5 Å². The number of amides is 1. The summed E-state index contributed by atoms with van der Waals surface area (Å²) in [5, 5.41) is 3.07. The number of rotatable bonds is 4. The van der Waals surface area contributed by atoms with Gasteiger partial charge in [0, 0.05) is 0 Å². The number of anilines is 1. The molecule has 0 aliphatic rings. The predicted octanol–water partition coefficient (Wildman–Crippen LogP) is 3.77. The van der Waals surface area contributed by atoms with Gasteiger partial charge < -0.3 is 14.5 Å². The number of nitrogens with one attached hydrogen (secondary N) is 1. The van der Waals surface area contributed by atoms with E-state index >= 15 is 0 Å². The lowest BCUT2D eigenvalue weighted by Gasteiger charge is -2.13. The standard InChI is InChI=1S/C14H11Cl2NO4/c1-8(21-14(19)11-6-3-7-20-11)13(18)17-10-5-2-4-9(15)12(10)16/h2-8H,1H3,(H,17,18). The molecule has 0 saturated carbocycles. The molecule has 21 heavy (non-hydrogen) atoms. The van der Waals surface area contributed by atoms with E-state index in [9.17, 15) is 9.59 Å². The molecule has 5 nitrogen and oxygen atoms in total. The summed E-state index contributed by atoms with van der Waals surface area (Å²) < 4.78 is 9.86. The minimum absolute atomic E-state index is 0.0236. The Balaban J connectivity index is 2.00. The molecule has 0 aliphatic heterocycles. The maximum Gasteiger partial charge on any atom is 0.374 e. The molecule has 7 heteroatoms. The van der Waals surface area contributed by atoms with Crippen LogP contribution in [-0.4, -0.2) is 18.0 Å². The highest BCUT2D eigenvalue weighted by Gasteiger charge is 2.21. The fourth-order valence-corrected chi connectivity index (χ4v) is 1.85. The van der Waals surface area contributed by atoms with Crippen molar-refractivity contribution in [3.05, 3.63) is 52.4 Å². The van der Waals surface area contributed by atoms with Gasteiger partial charge in [0.15, 0.2) is 6.10 Å². The first-order chi connectivity index (χ1) is 9.99. The Kier molecular flexibility index (Phi) is 4.88. The highest BCUT2D eigenvalue weighted by atomic mass is 35.5. The predicted molar refractivity (Wildman–Crippen MR) is 78.7 cm³/mol. The Bertz CT molecular complexity index is 655. The summed E-state index contributed by atoms with van der Waals surface area (Å²) in [7, 11) is 0. The van der Waals surface area contributed by atoms with Gasteiger partial charge in [0.1, 0.15) is 0 Å². The average Bonchev–Trinajstić information content (AvgIpc) is 2.98. The fraction of sp³-hybridized carbons (Fsp3) is 0.143. The van der Waals surface area contributed by atoms with Crippen molar-refractivity contribution in [2.75, 3.05) is 5.32 Å². The van der Waals surface area contributed by atoms with Crippen molar-refractivity contribution >= 4 is 40.8 Å². The van der Waals surface area contributed by atoms with E-state index in [0.717, 1.165) is 0 Å². The van der Waals surface area contributed by atoms with E-state index in [2.05, 4.69) is 5.32 Å². The molecule has 0 radical (unpaired) electrons. The molecule has 1 amide bonds. The van der Waals surface area contributed by atoms with Crippen molar-refractivity contribution in [2.24, 2.45) is 0 Å². The lowest BCUT2D eigenvalue weighted by atomic mass is 10.3. The Hall–Kier alpha value is -1.98. The molecule has 1 aromatic carbocycles. The molecule has 2 rings (SSSR count). The largest absolute Gasteiger partial charge is 0.457 e. The minimum Gasteiger partial charge on any atom is -0.457 e. The Morgan fingerprint density at radius 1 is 1.24 bits per heavy atom. The van der Waals surface area contributed by atoms with Crippen molar-refractivity contribution in [3.8, 4) is 0 Å². The number of halogens is 2. The van der Waals surface area contributed by atoms with Crippen molar-refractivity contribution in [2.45, 2.75) is 13.0 Å². The van der Waals surface area contributed by atoms with E-state index in [1.54, 1.807) is 24.3 Å². The zero-order valence-corrected chi connectivity index (χ0v) is 12.4. The van der Waals surface area contributed by atoms with Gasteiger partial charge in [-0.15, -0.1) is 0 Å². The molecule has 0 aliphatic carbocycles. The lowest BCUT2D eigenvalue weighted by molar-refractivity contribution is -0.123. The van der Waals surface area contributed by atoms with E-state index < -0.39 is 18.0 Å². The van der Waals surface area contributed by atoms with Crippen LogP contribution >= 0.6 is 23.2 Å². The molecule has 1 aromatic heterocycles. The van der Waals surface area contributed by atoms with Crippen LogP contribution in [0.5, 0.6) is 0 Å². The van der Waals surface area contributed by atoms with E-state index in [4.69, 9.17) is 32.4 Å². The third-order valence-corrected chi connectivity index (χ3v) is 3.40. The van der Waals surface area contributed by atoms with Gasteiger partial charge in [-0.05, 0) is 31.2 Å². The maximum absolute atomic E-state index is 12.0. The van der Waals surface area contributed by atoms with Crippen LogP contribution in [0.25, 0.3) is 0 Å². The third-order valence-electron chi connectivity index (χ3n) is 2.58. The molecule has 0 bridgehead atoms. The van der Waals surface area contributed by atoms with Crippen LogP contribution in [0, 0.1) is 0 Å². The first-order valence-electron chi connectivity index (χ1n) is 5.98. The minimum atomic E-state index is -1.02. The summed E-state index contributed by atoms with van der Waals surface area (Å²) in [6, 6.07) is 7.82. The summed E-state index contributed by atoms with van der Waals surface area (Å²) in [5.74, 6) is -1.23. The number of furan rings is 1. The van der Waals surface area contributed by atoms with Crippen molar-refractivity contribution < 1.29 is 18.7 Å². The zero-order valence-electron chi connectivity index (χ0n) is 10.9. The van der Waals surface area contributed by atoms with Gasteiger partial charge in [0.2, 0.25) is 5.76 Å². The second-order valence-corrected chi connectivity index (χ2v) is 4.90. The molecular weight excluding hydrogens is 317 g/mol. The van der Waals surface area contributed by atoms with Crippen LogP contribution in [0.15, 0.2) is 41.0 Å². The Morgan fingerprint density at radius 2 is 2.00 bits per heavy atom. The number of esters is 1. The number of hydrogen-bond acceptors (Lipinski definition) is 4. The van der Waals surface area contributed by atoms with E-state index in [1.165, 1.54) is 19.3 Å². The summed E-state index contributed by atoms with van der Waals surface area (Å²) >= 11 is 11.8. The number of ether oxygens (including phenoxy) is 1. The Morgan fingerprint density at radius 3 is 2.67 bits per heavy atom. The van der Waals surface area contributed by atoms with Gasteiger partial charge in [-0.3, -0.25) is 4.79 Å². The molecule has 1 atom stereocenters. The first-order valence-corrected chi connectivity index (χ1v) is 6.74. The second-order valence-electron chi connectivity index (χ2n) is 4.12. The highest BCUT2D eigenvalue weighted by molar-refractivity contribution is 6.44. The van der Waals surface area contributed by atoms with Crippen molar-refractivity contribution in [1.82, 2.24) is 0 Å². The number of hydrogen-bond donors (Lipinski definition) is 1. The summed E-state index contributed by atoms with van der Waals surface area (Å²) in [6.45, 7) is 1.44. The summed E-state index contributed by atoms with van der Waals surface area (Å²) in [6.07, 6.45) is 0.324. The molecule has 0 fully saturated rings. The van der Waals surface area contributed by atoms with Crippen LogP contribution in [0.4, 0.5) is 5.69 Å². The quantitative estimate of drug-likeness (QED) is 0.868. The molecule has 1 heterocycles. The van der Waals surface area contributed by atoms with Gasteiger partial charge in [-0.25, -0.2) is 4.79 Å². The smallest absolute Gasteiger partial charge is 0.374 e. The average molecular weight is 328 g/mol. The van der Waals surface area contributed by atoms with Crippen LogP contribution in [-0.2, 0) is 9.53 Å². The van der Waals surface area contributed by atoms with Gasteiger partial charge in [-0.2, -0.15) is 0 Å². The van der Waals surface area contributed by atoms with E-state index in [1.807, 2.05) is 0 Å². The molecule has 2 aromatic rings. The van der Waals surface area contributed by atoms with Gasteiger partial charge in [0.05, 0.1) is 22.0 Å². The normalized spacial score (nSPS) is 11.8. The molecule has 0 saturated heterocycles. The van der Waals surface area contributed by atoms with Gasteiger partial charge in [0.25, 0.3) is 5.91 Å². The number of carbonyl (C=O) groups is 2. The SMILES string of the molecule is CC(OC(=O)c1ccco1)C(=O)Nc1cccc(Cl)c1Cl. The monoisotopic (exact) mass is 327 g/mol. The summed E-state index contributed by atoms with van der Waals surface area (Å²) in [5.41, 5.74) is 0.343.